The summed E-state index contributed by atoms with van der Waals surface area (Å²) < 4.78 is 11.2. The lowest BCUT2D eigenvalue weighted by Gasteiger charge is -2.26. The quantitative estimate of drug-likeness (QED) is 0.688. The van der Waals surface area contributed by atoms with Crippen LogP contribution >= 0.6 is 0 Å². The van der Waals surface area contributed by atoms with Gasteiger partial charge in [-0.1, -0.05) is 42.5 Å². The molecule has 0 aromatic heterocycles. The van der Waals surface area contributed by atoms with Gasteiger partial charge in [-0.15, -0.1) is 0 Å². The number of nitrogens with two attached hydrogens (primary N) is 1. The molecule has 0 bridgehead atoms. The Labute approximate surface area is 166 Å². The summed E-state index contributed by atoms with van der Waals surface area (Å²) in [6.07, 6.45) is 0.525. The predicted molar refractivity (Wildman–Crippen MR) is 109 cm³/mol. The molecule has 0 radical (unpaired) electrons. The van der Waals surface area contributed by atoms with Crippen LogP contribution in [0.2, 0.25) is 0 Å². The molecule has 1 fully saturated rings. The van der Waals surface area contributed by atoms with Gasteiger partial charge in [0.25, 0.3) is 0 Å². The van der Waals surface area contributed by atoms with Gasteiger partial charge in [-0.2, -0.15) is 0 Å². The molecule has 0 saturated carbocycles. The molecule has 1 unspecified atom stereocenters. The minimum atomic E-state index is -0.560. The van der Waals surface area contributed by atoms with Gasteiger partial charge >= 0.3 is 0 Å². The third-order valence-corrected chi connectivity index (χ3v) is 4.78. The Kier molecular flexibility index (Phi) is 7.84. The average Bonchev–Trinajstić information content (AvgIpc) is 2.74. The van der Waals surface area contributed by atoms with E-state index in [1.807, 2.05) is 54.6 Å². The van der Waals surface area contributed by atoms with Gasteiger partial charge in [0.1, 0.15) is 12.4 Å². The molecule has 150 valence electrons. The van der Waals surface area contributed by atoms with Crippen molar-refractivity contribution in [3.8, 4) is 5.75 Å². The van der Waals surface area contributed by atoms with Crippen molar-refractivity contribution in [1.82, 2.24) is 10.2 Å². The van der Waals surface area contributed by atoms with Crippen molar-refractivity contribution in [2.45, 2.75) is 19.0 Å². The maximum Gasteiger partial charge on any atom is 0.237 e. The largest absolute Gasteiger partial charge is 0.492 e. The Bertz CT molecular complexity index is 733. The minimum absolute atomic E-state index is 0.150. The van der Waals surface area contributed by atoms with E-state index in [4.69, 9.17) is 15.2 Å². The summed E-state index contributed by atoms with van der Waals surface area (Å²) in [5.41, 5.74) is 8.08. The second-order valence-corrected chi connectivity index (χ2v) is 6.96. The third kappa shape index (κ3) is 6.64. The Balaban J connectivity index is 1.41. The smallest absolute Gasteiger partial charge is 0.237 e. The summed E-state index contributed by atoms with van der Waals surface area (Å²) in [5, 5.41) is 2.91. The van der Waals surface area contributed by atoms with E-state index in [1.54, 1.807) is 0 Å². The first kappa shape index (κ1) is 20.3. The zero-order valence-corrected chi connectivity index (χ0v) is 16.2. The van der Waals surface area contributed by atoms with Crippen LogP contribution in [0, 0.1) is 0 Å². The van der Waals surface area contributed by atoms with Gasteiger partial charge in [0.15, 0.2) is 0 Å². The molecule has 1 atom stereocenters. The molecule has 2 aromatic rings. The number of amides is 1. The number of rotatable bonds is 9. The highest BCUT2D eigenvalue weighted by molar-refractivity contribution is 5.81. The molecule has 3 rings (SSSR count). The number of nitrogens with one attached hydrogen (secondary N) is 1. The number of nitrogens with zero attached hydrogens (tertiary/aromatic N) is 1. The lowest BCUT2D eigenvalue weighted by atomic mass is 10.1. The number of ether oxygens (including phenoxy) is 2. The normalized spacial score (nSPS) is 15.8. The molecule has 3 N–H and O–H groups in total. The highest BCUT2D eigenvalue weighted by Gasteiger charge is 2.14. The molecule has 6 heteroatoms. The number of benzene rings is 2. The van der Waals surface area contributed by atoms with Crippen molar-refractivity contribution in [2.24, 2.45) is 5.73 Å². The summed E-state index contributed by atoms with van der Waals surface area (Å²) in [6.45, 7) is 5.46. The standard InChI is InChI=1S/C22H29N3O3/c23-21(16-18-5-2-1-3-6-18)22(26)24-17-19-7-4-8-20(15-19)28-14-11-25-9-12-27-13-10-25/h1-8,15,21H,9-14,16-17,23H2,(H,24,26). The Hall–Kier alpha value is -2.41. The summed E-state index contributed by atoms with van der Waals surface area (Å²) in [5.74, 6) is 0.663. The first-order valence-electron chi connectivity index (χ1n) is 9.80. The molecule has 1 aliphatic heterocycles. The van der Waals surface area contributed by atoms with Crippen molar-refractivity contribution in [3.63, 3.8) is 0 Å². The third-order valence-electron chi connectivity index (χ3n) is 4.78. The second-order valence-electron chi connectivity index (χ2n) is 6.96. The van der Waals surface area contributed by atoms with E-state index in [9.17, 15) is 4.79 Å². The van der Waals surface area contributed by atoms with E-state index in [0.717, 1.165) is 49.7 Å². The summed E-state index contributed by atoms with van der Waals surface area (Å²) in [6, 6.07) is 17.0. The van der Waals surface area contributed by atoms with Gasteiger partial charge in [-0.05, 0) is 29.7 Å². The van der Waals surface area contributed by atoms with Crippen LogP contribution in [-0.4, -0.2) is 56.3 Å². The number of carbonyl (C=O) groups is 1. The first-order chi connectivity index (χ1) is 13.7. The molecule has 0 spiro atoms. The summed E-state index contributed by atoms with van der Waals surface area (Å²) in [4.78, 5) is 14.6. The van der Waals surface area contributed by atoms with Crippen molar-refractivity contribution < 1.29 is 14.3 Å². The molecule has 0 aliphatic carbocycles. The van der Waals surface area contributed by atoms with Gasteiger partial charge in [0.05, 0.1) is 19.3 Å². The van der Waals surface area contributed by atoms with Gasteiger partial charge in [0, 0.05) is 26.2 Å². The van der Waals surface area contributed by atoms with Crippen molar-refractivity contribution in [1.29, 1.82) is 0 Å². The molecule has 1 amide bonds. The molecule has 28 heavy (non-hydrogen) atoms. The Morgan fingerprint density at radius 3 is 2.64 bits per heavy atom. The first-order valence-corrected chi connectivity index (χ1v) is 9.80. The second kappa shape index (κ2) is 10.8. The fourth-order valence-electron chi connectivity index (χ4n) is 3.14. The zero-order chi connectivity index (χ0) is 19.6. The lowest BCUT2D eigenvalue weighted by Crippen LogP contribution is -2.41. The number of hydrogen-bond acceptors (Lipinski definition) is 5. The molecule has 1 aliphatic rings. The van der Waals surface area contributed by atoms with E-state index >= 15 is 0 Å². The molecule has 6 nitrogen and oxygen atoms in total. The van der Waals surface area contributed by atoms with Crippen molar-refractivity contribution in [3.05, 3.63) is 65.7 Å². The topological polar surface area (TPSA) is 76.8 Å². The predicted octanol–water partition coefficient (Wildman–Crippen LogP) is 1.58. The molecule has 2 aromatic carbocycles. The fraction of sp³-hybridized carbons (Fsp3) is 0.409. The molecular weight excluding hydrogens is 354 g/mol. The Morgan fingerprint density at radius 2 is 1.86 bits per heavy atom. The van der Waals surface area contributed by atoms with Crippen molar-refractivity contribution in [2.75, 3.05) is 39.5 Å². The average molecular weight is 383 g/mol. The van der Waals surface area contributed by atoms with E-state index < -0.39 is 6.04 Å². The summed E-state index contributed by atoms with van der Waals surface area (Å²) >= 11 is 0. The van der Waals surface area contributed by atoms with Crippen LogP contribution in [0.4, 0.5) is 0 Å². The highest BCUT2D eigenvalue weighted by atomic mass is 16.5. The highest BCUT2D eigenvalue weighted by Crippen LogP contribution is 2.13. The lowest BCUT2D eigenvalue weighted by molar-refractivity contribution is -0.122. The van der Waals surface area contributed by atoms with Gasteiger partial charge < -0.3 is 20.5 Å². The van der Waals surface area contributed by atoms with Crippen LogP contribution in [0.25, 0.3) is 0 Å². The monoisotopic (exact) mass is 383 g/mol. The number of hydrogen-bond donors (Lipinski definition) is 2. The molecule has 1 saturated heterocycles. The number of morpholine rings is 1. The van der Waals surface area contributed by atoms with Crippen LogP contribution < -0.4 is 15.8 Å². The molecular formula is C22H29N3O3. The van der Waals surface area contributed by atoms with E-state index in [2.05, 4.69) is 10.2 Å². The van der Waals surface area contributed by atoms with E-state index in [0.29, 0.717) is 19.6 Å². The maximum atomic E-state index is 12.3. The minimum Gasteiger partial charge on any atom is -0.492 e. The zero-order valence-electron chi connectivity index (χ0n) is 16.2. The van der Waals surface area contributed by atoms with Crippen LogP contribution in [0.5, 0.6) is 5.75 Å². The van der Waals surface area contributed by atoms with Crippen LogP contribution in [0.3, 0.4) is 0 Å². The van der Waals surface area contributed by atoms with Gasteiger partial charge in [-0.25, -0.2) is 0 Å². The number of carbonyl (C=O) groups excluding carboxylic acids is 1. The Morgan fingerprint density at radius 1 is 1.11 bits per heavy atom. The van der Waals surface area contributed by atoms with E-state index in [1.165, 1.54) is 0 Å². The van der Waals surface area contributed by atoms with Gasteiger partial charge in [0.2, 0.25) is 5.91 Å². The van der Waals surface area contributed by atoms with Crippen LogP contribution in [-0.2, 0) is 22.5 Å². The van der Waals surface area contributed by atoms with Gasteiger partial charge in [-0.3, -0.25) is 9.69 Å². The molecule has 1 heterocycles. The SMILES string of the molecule is NC(Cc1ccccc1)C(=O)NCc1cccc(OCCN2CCOCC2)c1. The van der Waals surface area contributed by atoms with Crippen LogP contribution in [0.15, 0.2) is 54.6 Å². The maximum absolute atomic E-state index is 12.3. The van der Waals surface area contributed by atoms with Crippen molar-refractivity contribution >= 4 is 5.91 Å². The fourth-order valence-corrected chi connectivity index (χ4v) is 3.14. The van der Waals surface area contributed by atoms with Crippen LogP contribution in [0.1, 0.15) is 11.1 Å². The van der Waals surface area contributed by atoms with E-state index in [-0.39, 0.29) is 5.91 Å². The summed E-state index contributed by atoms with van der Waals surface area (Å²) in [7, 11) is 0.